The summed E-state index contributed by atoms with van der Waals surface area (Å²) in [4.78, 5) is 22.6. The molecule has 0 saturated carbocycles. The van der Waals surface area contributed by atoms with E-state index in [1.165, 1.54) is 23.1 Å². The molecule has 0 fully saturated rings. The van der Waals surface area contributed by atoms with Gasteiger partial charge in [0.05, 0.1) is 15.4 Å². The quantitative estimate of drug-likeness (QED) is 0.436. The van der Waals surface area contributed by atoms with Gasteiger partial charge in [-0.1, -0.05) is 41.0 Å². The number of thioether (sulfide) groups is 1. The Morgan fingerprint density at radius 2 is 2.08 bits per heavy atom. The zero-order valence-corrected chi connectivity index (χ0v) is 17.0. The van der Waals surface area contributed by atoms with Gasteiger partial charge in [-0.25, -0.2) is 9.97 Å². The number of nitrogens with zero attached hydrogens (tertiary/aromatic N) is 2. The molecule has 0 aliphatic rings. The predicted octanol–water partition coefficient (Wildman–Crippen LogP) is 5.21. The Bertz CT molecular complexity index is 930. The first kappa shape index (κ1) is 19.2. The van der Waals surface area contributed by atoms with Crippen LogP contribution in [0.1, 0.15) is 15.2 Å². The minimum atomic E-state index is -0.106. The fraction of sp³-hybridized carbons (Fsp3) is 0.167. The Balaban J connectivity index is 1.61. The Kier molecular flexibility index (Phi) is 6.53. The number of carbonyl (C=O) groups excluding carboxylic acids is 1. The van der Waals surface area contributed by atoms with Crippen LogP contribution in [0.5, 0.6) is 0 Å². The lowest BCUT2D eigenvalue weighted by atomic mass is 10.1. The normalized spacial score (nSPS) is 10.7. The van der Waals surface area contributed by atoms with Gasteiger partial charge in [0.15, 0.2) is 5.16 Å². The second kappa shape index (κ2) is 8.86. The summed E-state index contributed by atoms with van der Waals surface area (Å²) in [5, 5.41) is 4.84. The van der Waals surface area contributed by atoms with Crippen molar-refractivity contribution in [2.45, 2.75) is 11.6 Å². The van der Waals surface area contributed by atoms with Crippen molar-refractivity contribution in [1.29, 1.82) is 0 Å². The van der Waals surface area contributed by atoms with E-state index in [2.05, 4.69) is 15.3 Å². The van der Waals surface area contributed by atoms with E-state index in [0.29, 0.717) is 33.0 Å². The van der Waals surface area contributed by atoms with Crippen LogP contribution in [-0.4, -0.2) is 28.7 Å². The van der Waals surface area contributed by atoms with Crippen LogP contribution in [0.3, 0.4) is 0 Å². The van der Waals surface area contributed by atoms with Crippen molar-refractivity contribution in [1.82, 2.24) is 15.3 Å². The predicted molar refractivity (Wildman–Crippen MR) is 110 cm³/mol. The van der Waals surface area contributed by atoms with Crippen molar-refractivity contribution >= 4 is 52.2 Å². The van der Waals surface area contributed by atoms with Crippen molar-refractivity contribution in [2.75, 3.05) is 12.8 Å². The van der Waals surface area contributed by atoms with E-state index in [0.717, 1.165) is 16.1 Å². The van der Waals surface area contributed by atoms with E-state index in [1.807, 2.05) is 30.5 Å². The summed E-state index contributed by atoms with van der Waals surface area (Å²) in [6, 6.07) is 10.9. The van der Waals surface area contributed by atoms with Gasteiger partial charge in [0.25, 0.3) is 5.91 Å². The average molecular weight is 424 g/mol. The highest BCUT2D eigenvalue weighted by Gasteiger charge is 2.11. The summed E-state index contributed by atoms with van der Waals surface area (Å²) in [5.41, 5.74) is 1.77. The van der Waals surface area contributed by atoms with Crippen LogP contribution in [-0.2, 0) is 6.42 Å². The van der Waals surface area contributed by atoms with Gasteiger partial charge in [0, 0.05) is 22.8 Å². The third kappa shape index (κ3) is 4.76. The van der Waals surface area contributed by atoms with Crippen LogP contribution in [0.4, 0.5) is 0 Å². The Morgan fingerprint density at radius 3 is 2.85 bits per heavy atom. The minimum Gasteiger partial charge on any atom is -0.351 e. The van der Waals surface area contributed by atoms with Gasteiger partial charge >= 0.3 is 0 Å². The number of hydrogen-bond donors (Lipinski definition) is 1. The molecule has 1 aromatic carbocycles. The van der Waals surface area contributed by atoms with Gasteiger partial charge < -0.3 is 5.32 Å². The van der Waals surface area contributed by atoms with Gasteiger partial charge in [-0.15, -0.1) is 11.3 Å². The number of amides is 1. The first-order valence-corrected chi connectivity index (χ1v) is 10.6. The van der Waals surface area contributed by atoms with E-state index in [-0.39, 0.29) is 5.91 Å². The molecule has 0 spiro atoms. The van der Waals surface area contributed by atoms with E-state index >= 15 is 0 Å². The van der Waals surface area contributed by atoms with E-state index < -0.39 is 0 Å². The smallest absolute Gasteiger partial charge is 0.261 e. The molecule has 0 radical (unpaired) electrons. The maximum Gasteiger partial charge on any atom is 0.261 e. The molecule has 134 valence electrons. The molecule has 2 heterocycles. The highest BCUT2D eigenvalue weighted by molar-refractivity contribution is 7.98. The third-order valence-electron chi connectivity index (χ3n) is 3.59. The van der Waals surface area contributed by atoms with Crippen molar-refractivity contribution in [3.05, 3.63) is 63.1 Å². The highest BCUT2D eigenvalue weighted by atomic mass is 35.5. The average Bonchev–Trinajstić information content (AvgIpc) is 3.14. The molecular weight excluding hydrogens is 409 g/mol. The first-order valence-electron chi connectivity index (χ1n) is 7.76. The largest absolute Gasteiger partial charge is 0.351 e. The number of thiophene rings is 1. The summed E-state index contributed by atoms with van der Waals surface area (Å²) in [6.45, 7) is 0.498. The van der Waals surface area contributed by atoms with Crippen LogP contribution in [0.25, 0.3) is 10.6 Å². The van der Waals surface area contributed by atoms with Gasteiger partial charge in [-0.2, -0.15) is 0 Å². The lowest BCUT2D eigenvalue weighted by Gasteiger charge is -2.06. The van der Waals surface area contributed by atoms with Crippen molar-refractivity contribution in [3.63, 3.8) is 0 Å². The summed E-state index contributed by atoms with van der Waals surface area (Å²) < 4.78 is 0. The van der Waals surface area contributed by atoms with Crippen molar-refractivity contribution in [3.8, 4) is 10.6 Å². The molecule has 8 heteroatoms. The minimum absolute atomic E-state index is 0.106. The number of nitrogens with one attached hydrogen (secondary N) is 1. The summed E-state index contributed by atoms with van der Waals surface area (Å²) in [6.07, 6.45) is 4.30. The van der Waals surface area contributed by atoms with Gasteiger partial charge in [0.1, 0.15) is 0 Å². The molecule has 0 aliphatic heterocycles. The maximum atomic E-state index is 12.4. The summed E-state index contributed by atoms with van der Waals surface area (Å²) >= 11 is 14.9. The molecule has 0 atom stereocenters. The summed E-state index contributed by atoms with van der Waals surface area (Å²) in [7, 11) is 0. The monoisotopic (exact) mass is 423 g/mol. The Labute approximate surface area is 170 Å². The van der Waals surface area contributed by atoms with E-state index in [4.69, 9.17) is 23.2 Å². The standard InChI is InChI=1S/C18H15Cl2N3OS2/c1-25-18-22-9-7-14(23-18)15-4-5-16(26-15)17(24)21-8-6-11-2-3-12(19)10-13(11)20/h2-5,7,9-10H,6,8H2,1H3,(H,21,24). The molecule has 3 aromatic rings. The molecule has 1 N–H and O–H groups in total. The van der Waals surface area contributed by atoms with Crippen LogP contribution in [0.2, 0.25) is 10.0 Å². The van der Waals surface area contributed by atoms with Gasteiger partial charge in [-0.05, 0) is 48.6 Å². The molecular formula is C18H15Cl2N3OS2. The van der Waals surface area contributed by atoms with Crippen molar-refractivity contribution in [2.24, 2.45) is 0 Å². The van der Waals surface area contributed by atoms with E-state index in [1.54, 1.807) is 18.3 Å². The fourth-order valence-corrected chi connectivity index (χ4v) is 4.05. The molecule has 0 unspecified atom stereocenters. The maximum absolute atomic E-state index is 12.4. The van der Waals surface area contributed by atoms with Crippen LogP contribution in [0, 0.1) is 0 Å². The molecule has 26 heavy (non-hydrogen) atoms. The number of benzene rings is 1. The Morgan fingerprint density at radius 1 is 1.23 bits per heavy atom. The fourth-order valence-electron chi connectivity index (χ4n) is 2.30. The lowest BCUT2D eigenvalue weighted by Crippen LogP contribution is -2.24. The molecule has 2 aromatic heterocycles. The molecule has 3 rings (SSSR count). The number of hydrogen-bond acceptors (Lipinski definition) is 5. The van der Waals surface area contributed by atoms with E-state index in [9.17, 15) is 4.79 Å². The number of halogens is 2. The topological polar surface area (TPSA) is 54.9 Å². The molecule has 0 saturated heterocycles. The zero-order chi connectivity index (χ0) is 18.5. The second-order valence-corrected chi connectivity index (χ2v) is 8.03. The molecule has 0 bridgehead atoms. The van der Waals surface area contributed by atoms with Gasteiger partial charge in [0.2, 0.25) is 0 Å². The number of rotatable bonds is 6. The SMILES string of the molecule is CSc1nccc(-c2ccc(C(=O)NCCc3ccc(Cl)cc3Cl)s2)n1. The van der Waals surface area contributed by atoms with Crippen LogP contribution in [0.15, 0.2) is 47.8 Å². The zero-order valence-electron chi connectivity index (χ0n) is 13.8. The third-order valence-corrected chi connectivity index (χ3v) is 5.85. The van der Waals surface area contributed by atoms with Gasteiger partial charge in [-0.3, -0.25) is 4.79 Å². The Hall–Kier alpha value is -1.60. The molecule has 4 nitrogen and oxygen atoms in total. The van der Waals surface area contributed by atoms with Crippen LogP contribution < -0.4 is 5.32 Å². The number of carbonyl (C=O) groups is 1. The first-order chi connectivity index (χ1) is 12.6. The highest BCUT2D eigenvalue weighted by Crippen LogP contribution is 2.27. The molecule has 1 amide bonds. The second-order valence-electron chi connectivity index (χ2n) is 5.33. The lowest BCUT2D eigenvalue weighted by molar-refractivity contribution is 0.0958. The van der Waals surface area contributed by atoms with Crippen LogP contribution >= 0.6 is 46.3 Å². The van der Waals surface area contributed by atoms with Crippen molar-refractivity contribution < 1.29 is 4.79 Å². The summed E-state index contributed by atoms with van der Waals surface area (Å²) in [5.74, 6) is -0.106. The molecule has 0 aliphatic carbocycles. The number of aromatic nitrogens is 2.